The number of furan rings is 1. The smallest absolute Gasteiger partial charge is 0.121 e. The summed E-state index contributed by atoms with van der Waals surface area (Å²) in [6.07, 6.45) is 5.33. The summed E-state index contributed by atoms with van der Waals surface area (Å²) < 4.78 is 52.9. The number of aryl methyl sites for hydroxylation is 1. The van der Waals surface area contributed by atoms with Crippen molar-refractivity contribution in [3.8, 4) is 50.6 Å². The third-order valence-corrected chi connectivity index (χ3v) is 13.6. The number of nitrogens with zero attached hydrogens (tertiary/aromatic N) is 3. The first-order valence-corrected chi connectivity index (χ1v) is 23.8. The Morgan fingerprint density at radius 2 is 1.43 bits per heavy atom. The van der Waals surface area contributed by atoms with E-state index in [1.54, 1.807) is 12.1 Å². The maximum atomic E-state index is 12.7. The molecule has 3 heterocycles. The minimum absolute atomic E-state index is 0. The predicted octanol–water partition coefficient (Wildman–Crippen LogP) is 17.7. The number of halogens is 1. The van der Waals surface area contributed by atoms with E-state index in [4.69, 9.17) is 13.5 Å². The summed E-state index contributed by atoms with van der Waals surface area (Å²) in [7, 11) is 0. The van der Waals surface area contributed by atoms with Gasteiger partial charge in [-0.3, -0.25) is 9.37 Å². The number of rotatable bonds is 8. The Hall–Kier alpha value is -6.46. The van der Waals surface area contributed by atoms with E-state index in [0.717, 1.165) is 86.7 Å². The van der Waals surface area contributed by atoms with Crippen molar-refractivity contribution in [2.75, 3.05) is 0 Å². The molecule has 10 aromatic rings. The quantitative estimate of drug-likeness (QED) is 0.142. The molecule has 6 heteroatoms. The van der Waals surface area contributed by atoms with E-state index in [2.05, 4.69) is 172 Å². The van der Waals surface area contributed by atoms with Crippen LogP contribution in [-0.2, 0) is 20.1 Å². The number of pyridine rings is 1. The van der Waals surface area contributed by atoms with Crippen molar-refractivity contribution in [1.82, 2.24) is 14.5 Å². The van der Waals surface area contributed by atoms with Crippen LogP contribution in [0.1, 0.15) is 113 Å². The molecule has 0 aliphatic heterocycles. The van der Waals surface area contributed by atoms with Crippen LogP contribution in [0.5, 0.6) is 0 Å². The molecule has 0 saturated heterocycles. The fraction of sp³-hybridized carbons (Fsp3) is 0.238. The first-order chi connectivity index (χ1) is 34.5. The summed E-state index contributed by atoms with van der Waals surface area (Å²) in [6.45, 7) is 11.7. The molecule has 11 rings (SSSR count). The van der Waals surface area contributed by atoms with Gasteiger partial charge >= 0.3 is 0 Å². The van der Waals surface area contributed by atoms with Gasteiger partial charge in [-0.25, -0.2) is 0 Å². The Labute approximate surface area is 425 Å². The van der Waals surface area contributed by atoms with Gasteiger partial charge in [0.15, 0.2) is 0 Å². The molecule has 1 fully saturated rings. The van der Waals surface area contributed by atoms with Crippen molar-refractivity contribution < 1.29 is 34.4 Å². The minimum Gasteiger partial charge on any atom is -0.501 e. The monoisotopic (exact) mass is 1090 g/mol. The van der Waals surface area contributed by atoms with Crippen molar-refractivity contribution in [3.63, 3.8) is 0 Å². The molecular weight excluding hydrogens is 1030 g/mol. The largest absolute Gasteiger partial charge is 0.501 e. The van der Waals surface area contributed by atoms with Crippen LogP contribution in [0.2, 0.25) is 0 Å². The first kappa shape index (κ1) is 42.6. The van der Waals surface area contributed by atoms with Gasteiger partial charge in [0.1, 0.15) is 5.58 Å². The molecule has 1 aliphatic rings. The molecule has 0 spiro atoms. The number of hydrogen-bond donors (Lipinski definition) is 0. The second-order valence-corrected chi connectivity index (χ2v) is 19.5. The van der Waals surface area contributed by atoms with E-state index in [0.29, 0.717) is 16.7 Å². The van der Waals surface area contributed by atoms with Crippen LogP contribution < -0.4 is 0 Å². The average Bonchev–Trinajstić information content (AvgIpc) is 3.96. The summed E-state index contributed by atoms with van der Waals surface area (Å²) >= 11 is 0. The molecule has 1 aliphatic carbocycles. The van der Waals surface area contributed by atoms with Crippen LogP contribution in [0.15, 0.2) is 162 Å². The molecule has 0 bridgehead atoms. The van der Waals surface area contributed by atoms with E-state index >= 15 is 0 Å². The van der Waals surface area contributed by atoms with Gasteiger partial charge in [0, 0.05) is 48.7 Å². The molecule has 4 nitrogen and oxygen atoms in total. The van der Waals surface area contributed by atoms with Crippen molar-refractivity contribution >= 4 is 33.0 Å². The third kappa shape index (κ3) is 9.76. The van der Waals surface area contributed by atoms with Gasteiger partial charge in [-0.2, -0.15) is 0 Å². The maximum Gasteiger partial charge on any atom is 0.121 e. The van der Waals surface area contributed by atoms with Crippen LogP contribution in [0.4, 0.5) is 4.39 Å². The van der Waals surface area contributed by atoms with Gasteiger partial charge in [0.25, 0.3) is 0 Å². The van der Waals surface area contributed by atoms with Gasteiger partial charge < -0.3 is 14.0 Å². The van der Waals surface area contributed by atoms with E-state index in [1.807, 2.05) is 12.1 Å². The summed E-state index contributed by atoms with van der Waals surface area (Å²) in [5, 5.41) is 2.14. The third-order valence-electron chi connectivity index (χ3n) is 13.6. The second kappa shape index (κ2) is 19.9. The number of imidazole rings is 1. The number of benzene rings is 7. The summed E-state index contributed by atoms with van der Waals surface area (Å²) in [5.74, 6) is 0.433. The number of hydrogen-bond acceptors (Lipinski definition) is 3. The second-order valence-electron chi connectivity index (χ2n) is 19.5. The standard InChI is InChI=1S/C51H49N2O.C12H9FN.Ir/c1-32(2)43-29-39(36-21-19-35(20-22-36)37-25-27-51(5,6)28-26-37)30-44(33(3)4)48(43)53-46-18-11-10-17-45(46)52-50(53)42-16-12-15-41-40-24-23-38(31-47(40)54-49(41)42)34-13-8-7-9-14-34;1-9-2-7-12(14-8-9)10-3-5-11(13)6-4-10;/h7-15,17-24,29-33,37H,25-28H2,1-6H3;2-3,5-8H,1H3;/q2*-1;/i37D;1D3;. The van der Waals surface area contributed by atoms with E-state index in [-0.39, 0.29) is 43.3 Å². The van der Waals surface area contributed by atoms with E-state index in [1.165, 1.54) is 52.3 Å². The first-order valence-electron chi connectivity index (χ1n) is 25.8. The Morgan fingerprint density at radius 1 is 0.739 bits per heavy atom. The van der Waals surface area contributed by atoms with Gasteiger partial charge in [-0.15, -0.1) is 48.0 Å². The molecule has 1 saturated carbocycles. The fourth-order valence-electron chi connectivity index (χ4n) is 9.66. The van der Waals surface area contributed by atoms with Crippen LogP contribution >= 0.6 is 0 Å². The Morgan fingerprint density at radius 3 is 2.10 bits per heavy atom. The molecule has 69 heavy (non-hydrogen) atoms. The molecule has 0 unspecified atom stereocenters. The number of aromatic nitrogens is 3. The maximum absolute atomic E-state index is 12.7. The normalized spacial score (nSPS) is 15.3. The van der Waals surface area contributed by atoms with Crippen molar-refractivity contribution in [2.24, 2.45) is 5.41 Å². The zero-order valence-corrected chi connectivity index (χ0v) is 42.4. The van der Waals surface area contributed by atoms with Gasteiger partial charge in [0.05, 0.1) is 22.4 Å². The van der Waals surface area contributed by atoms with E-state index < -0.39 is 12.7 Å². The molecule has 0 atom stereocenters. The molecule has 0 N–H and O–H groups in total. The van der Waals surface area contributed by atoms with Crippen LogP contribution in [0.25, 0.3) is 83.6 Å². The zero-order valence-electron chi connectivity index (χ0n) is 44.0. The van der Waals surface area contributed by atoms with Gasteiger partial charge in [-0.1, -0.05) is 143 Å². The Balaban J connectivity index is 0.000000310. The topological polar surface area (TPSA) is 43.9 Å². The van der Waals surface area contributed by atoms with Gasteiger partial charge in [-0.05, 0) is 136 Å². The van der Waals surface area contributed by atoms with Crippen molar-refractivity contribution in [3.05, 3.63) is 198 Å². The minimum atomic E-state index is -2.15. The summed E-state index contributed by atoms with van der Waals surface area (Å²) in [6, 6.07) is 56.7. The Bertz CT molecular complexity index is 3520. The predicted molar refractivity (Wildman–Crippen MR) is 280 cm³/mol. The molecular formula is C63H58FIrN3O-2. The van der Waals surface area contributed by atoms with Crippen LogP contribution in [-0.4, -0.2) is 14.5 Å². The van der Waals surface area contributed by atoms with Crippen LogP contribution in [0.3, 0.4) is 0 Å². The molecule has 349 valence electrons. The van der Waals surface area contributed by atoms with Crippen molar-refractivity contribution in [2.45, 2.75) is 91.8 Å². The molecule has 0 amide bonds. The Kier molecular flexibility index (Phi) is 12.3. The van der Waals surface area contributed by atoms with Gasteiger partial charge in [0.2, 0.25) is 0 Å². The molecule has 3 aromatic heterocycles. The number of fused-ring (bicyclic) bond motifs is 4. The number of para-hydroxylation sites is 2. The average molecular weight is 1090 g/mol. The van der Waals surface area contributed by atoms with Crippen molar-refractivity contribution in [1.29, 1.82) is 0 Å². The fourth-order valence-corrected chi connectivity index (χ4v) is 9.66. The summed E-state index contributed by atoms with van der Waals surface area (Å²) in [5.41, 5.74) is 15.7. The molecule has 7 aromatic carbocycles. The summed E-state index contributed by atoms with van der Waals surface area (Å²) in [4.78, 5) is 9.38. The van der Waals surface area contributed by atoms with E-state index in [9.17, 15) is 5.76 Å². The SMILES string of the molecule is [2H]C([2H])([2H])c1ccc(-c2[c-]cc(F)cc2)nc1.[2H]C1(c2ccc(-c3cc(C(C)C)c(-n4c(-c5[c-]ccc6c5oc5cc(-c7ccccc7)ccc56)nc5ccccc54)c(C(C)C)c3)cc2)CCC(C)(C)CC1.[Ir]. The molecule has 1 radical (unpaired) electrons. The zero-order chi connectivity index (χ0) is 50.5. The van der Waals surface area contributed by atoms with Crippen LogP contribution in [0, 0.1) is 30.2 Å².